The van der Waals surface area contributed by atoms with Gasteiger partial charge in [0.25, 0.3) is 11.5 Å². The van der Waals surface area contributed by atoms with Crippen molar-refractivity contribution in [3.8, 4) is 17.0 Å². The zero-order valence-electron chi connectivity index (χ0n) is 27.2. The number of para-hydroxylation sites is 1. The lowest BCUT2D eigenvalue weighted by Crippen LogP contribution is -2.42. The Morgan fingerprint density at radius 3 is 2.49 bits per heavy atom. The highest BCUT2D eigenvalue weighted by Crippen LogP contribution is 2.30. The third-order valence-electron chi connectivity index (χ3n) is 9.52. The number of fused-ring (bicyclic) bond motifs is 2. The summed E-state index contributed by atoms with van der Waals surface area (Å²) in [6, 6.07) is 25.7. The minimum Gasteiger partial charge on any atom is -0.489 e. The number of carbonyl (C=O) groups excluding carboxylic acids is 1. The summed E-state index contributed by atoms with van der Waals surface area (Å²) < 4.78 is 7.28. The zero-order valence-corrected chi connectivity index (χ0v) is 27.2. The van der Waals surface area contributed by atoms with E-state index in [1.165, 1.54) is 30.0 Å². The van der Waals surface area contributed by atoms with Crippen LogP contribution in [0.5, 0.6) is 5.75 Å². The first-order chi connectivity index (χ1) is 23.9. The molecule has 3 aromatic carbocycles. The maximum absolute atomic E-state index is 14.1. The van der Waals surface area contributed by atoms with Crippen molar-refractivity contribution in [2.75, 3.05) is 0 Å². The lowest BCUT2D eigenvalue weighted by atomic mass is 9.85. The number of amides is 1. The Bertz CT molecular complexity index is 2110. The van der Waals surface area contributed by atoms with Gasteiger partial charge in [0.15, 0.2) is 5.65 Å². The topological polar surface area (TPSA) is 142 Å². The summed E-state index contributed by atoms with van der Waals surface area (Å²) in [5, 5.41) is 16.5. The van der Waals surface area contributed by atoms with E-state index in [1.807, 2.05) is 84.9 Å². The van der Waals surface area contributed by atoms with E-state index < -0.39 is 17.9 Å². The van der Waals surface area contributed by atoms with Crippen molar-refractivity contribution >= 4 is 28.4 Å². The number of carbonyl (C=O) groups is 2. The number of ether oxygens (including phenoxy) is 1. The number of nitrogens with zero attached hydrogens (tertiary/aromatic N) is 2. The van der Waals surface area contributed by atoms with Crippen LogP contribution in [0.3, 0.4) is 0 Å². The maximum Gasteiger partial charge on any atom is 0.326 e. The van der Waals surface area contributed by atoms with Crippen LogP contribution in [0.25, 0.3) is 27.8 Å². The van der Waals surface area contributed by atoms with E-state index in [9.17, 15) is 19.5 Å². The molecule has 1 fully saturated rings. The Hall–Kier alpha value is -5.64. The average Bonchev–Trinajstić information content (AvgIpc) is 3.75. The highest BCUT2D eigenvalue weighted by molar-refractivity contribution is 6.01. The molecular formula is C39H39N5O5. The summed E-state index contributed by atoms with van der Waals surface area (Å²) >= 11 is 0. The van der Waals surface area contributed by atoms with Crippen molar-refractivity contribution in [2.24, 2.45) is 5.92 Å². The standard InChI is InChI=1S/C39H39N5O5/c45-37(42-34(39(47)48)22-29-21-28-13-7-8-14-33(28)41-29)32-23-40-44-36(32)43-35(31(38(44)46)20-15-25-9-3-1-4-10-25)27-16-18-30(19-17-27)49-24-26-11-5-2-6-12-26/h2,5-8,11-14,16-19,21,23,25,34,40-41H,1,3-4,9-10,15,20,22,24H2,(H,42,45)(H,47,48)/t34-/m0/s1. The highest BCUT2D eigenvalue weighted by atomic mass is 16.5. The molecule has 49 heavy (non-hydrogen) atoms. The molecule has 4 N–H and O–H groups in total. The molecule has 7 rings (SSSR count). The monoisotopic (exact) mass is 657 g/mol. The molecule has 10 nitrogen and oxygen atoms in total. The summed E-state index contributed by atoms with van der Waals surface area (Å²) in [7, 11) is 0. The molecular weight excluding hydrogens is 618 g/mol. The number of rotatable bonds is 12. The van der Waals surface area contributed by atoms with Crippen molar-refractivity contribution < 1.29 is 19.4 Å². The fourth-order valence-corrected chi connectivity index (χ4v) is 6.85. The summed E-state index contributed by atoms with van der Waals surface area (Å²) in [5.74, 6) is -0.562. The van der Waals surface area contributed by atoms with Gasteiger partial charge < -0.3 is 20.1 Å². The first kappa shape index (κ1) is 31.9. The zero-order chi connectivity index (χ0) is 33.7. The number of carboxylic acids is 1. The normalized spacial score (nSPS) is 14.2. The van der Waals surface area contributed by atoms with E-state index in [4.69, 9.17) is 9.72 Å². The molecule has 250 valence electrons. The van der Waals surface area contributed by atoms with Crippen LogP contribution in [0.2, 0.25) is 0 Å². The quantitative estimate of drug-likeness (QED) is 0.116. The summed E-state index contributed by atoms with van der Waals surface area (Å²) in [5.41, 5.74) is 4.41. The SMILES string of the molecule is O=C(N[C@@H](Cc1cc2ccccc2[nH]1)C(=O)O)c1c[nH]n2c(=O)c(CCC3CCCCC3)c(-c3ccc(OCc4ccccc4)cc3)nc12. The van der Waals surface area contributed by atoms with Crippen LogP contribution in [0.4, 0.5) is 0 Å². The Balaban J connectivity index is 1.18. The van der Waals surface area contributed by atoms with Crippen LogP contribution >= 0.6 is 0 Å². The Morgan fingerprint density at radius 2 is 1.73 bits per heavy atom. The number of benzene rings is 3. The Kier molecular flexibility index (Phi) is 9.27. The maximum atomic E-state index is 14.1. The number of aliphatic carboxylic acids is 1. The van der Waals surface area contributed by atoms with Gasteiger partial charge in [-0.3, -0.25) is 14.7 Å². The lowest BCUT2D eigenvalue weighted by Gasteiger charge is -2.21. The third kappa shape index (κ3) is 7.13. The van der Waals surface area contributed by atoms with Crippen molar-refractivity contribution in [2.45, 2.75) is 64.0 Å². The number of H-pyrrole nitrogens is 2. The predicted octanol–water partition coefficient (Wildman–Crippen LogP) is 6.69. The van der Waals surface area contributed by atoms with Crippen LogP contribution < -0.4 is 15.6 Å². The van der Waals surface area contributed by atoms with Crippen LogP contribution in [0.15, 0.2) is 95.9 Å². The van der Waals surface area contributed by atoms with Crippen molar-refractivity contribution in [3.63, 3.8) is 0 Å². The number of hydrogen-bond donors (Lipinski definition) is 4. The molecule has 3 heterocycles. The summed E-state index contributed by atoms with van der Waals surface area (Å²) in [6.45, 7) is 0.428. The molecule has 0 aliphatic heterocycles. The fourth-order valence-electron chi connectivity index (χ4n) is 6.85. The molecule has 6 aromatic rings. The van der Waals surface area contributed by atoms with Gasteiger partial charge in [-0.05, 0) is 66.1 Å². The van der Waals surface area contributed by atoms with Crippen LogP contribution in [0, 0.1) is 5.92 Å². The van der Waals surface area contributed by atoms with E-state index in [2.05, 4.69) is 15.4 Å². The second kappa shape index (κ2) is 14.2. The second-order valence-electron chi connectivity index (χ2n) is 12.9. The average molecular weight is 658 g/mol. The molecule has 0 bridgehead atoms. The van der Waals surface area contributed by atoms with Gasteiger partial charge in [-0.15, -0.1) is 0 Å². The lowest BCUT2D eigenvalue weighted by molar-refractivity contribution is -0.139. The van der Waals surface area contributed by atoms with E-state index in [0.717, 1.165) is 41.3 Å². The van der Waals surface area contributed by atoms with Crippen molar-refractivity contribution in [3.05, 3.63) is 124 Å². The summed E-state index contributed by atoms with van der Waals surface area (Å²) in [4.78, 5) is 48.1. The van der Waals surface area contributed by atoms with Crippen LogP contribution in [-0.2, 0) is 24.2 Å². The van der Waals surface area contributed by atoms with Gasteiger partial charge in [0, 0.05) is 35.0 Å². The highest BCUT2D eigenvalue weighted by Gasteiger charge is 2.26. The van der Waals surface area contributed by atoms with Crippen molar-refractivity contribution in [1.82, 2.24) is 24.9 Å². The third-order valence-corrected chi connectivity index (χ3v) is 9.52. The molecule has 3 aromatic heterocycles. The second-order valence-corrected chi connectivity index (χ2v) is 12.9. The molecule has 1 saturated carbocycles. The predicted molar refractivity (Wildman–Crippen MR) is 188 cm³/mol. The molecule has 0 spiro atoms. The van der Waals surface area contributed by atoms with Gasteiger partial charge >= 0.3 is 5.97 Å². The minimum absolute atomic E-state index is 0.0563. The first-order valence-corrected chi connectivity index (χ1v) is 16.9. The summed E-state index contributed by atoms with van der Waals surface area (Å²) in [6.07, 6.45) is 8.93. The van der Waals surface area contributed by atoms with Gasteiger partial charge in [0.2, 0.25) is 0 Å². The molecule has 0 unspecified atom stereocenters. The van der Waals surface area contributed by atoms with Crippen LogP contribution in [0.1, 0.15) is 65.7 Å². The van der Waals surface area contributed by atoms with Gasteiger partial charge in [-0.25, -0.2) is 14.3 Å². The van der Waals surface area contributed by atoms with E-state index in [0.29, 0.717) is 41.6 Å². The Labute approximate surface area is 283 Å². The fraction of sp³-hybridized carbons (Fsp3) is 0.282. The molecule has 0 saturated heterocycles. The molecule has 1 amide bonds. The number of hydrogen-bond acceptors (Lipinski definition) is 5. The Morgan fingerprint density at radius 1 is 0.980 bits per heavy atom. The smallest absolute Gasteiger partial charge is 0.326 e. The molecule has 1 aliphatic carbocycles. The van der Waals surface area contributed by atoms with E-state index >= 15 is 0 Å². The molecule has 10 heteroatoms. The number of aromatic amines is 2. The van der Waals surface area contributed by atoms with Crippen molar-refractivity contribution in [1.29, 1.82) is 0 Å². The molecule has 0 radical (unpaired) electrons. The van der Waals surface area contributed by atoms with Gasteiger partial charge in [0.1, 0.15) is 24.0 Å². The van der Waals surface area contributed by atoms with E-state index in [1.54, 1.807) is 0 Å². The minimum atomic E-state index is -1.21. The largest absolute Gasteiger partial charge is 0.489 e. The van der Waals surface area contributed by atoms with Gasteiger partial charge in [-0.1, -0.05) is 80.6 Å². The molecule has 1 aliphatic rings. The van der Waals surface area contributed by atoms with Crippen LogP contribution in [-0.4, -0.2) is 42.6 Å². The molecule has 1 atom stereocenters. The number of nitrogens with one attached hydrogen (secondary N) is 3. The van der Waals surface area contributed by atoms with E-state index in [-0.39, 0.29) is 23.2 Å². The van der Waals surface area contributed by atoms with Gasteiger partial charge in [0.05, 0.1) is 5.69 Å². The first-order valence-electron chi connectivity index (χ1n) is 16.9. The number of aromatic nitrogens is 4. The number of carboxylic acid groups (broad SMARTS) is 1. The van der Waals surface area contributed by atoms with Gasteiger partial charge in [-0.2, -0.15) is 0 Å².